The van der Waals surface area contributed by atoms with Gasteiger partial charge in [0.25, 0.3) is 5.91 Å². The van der Waals surface area contributed by atoms with Crippen molar-refractivity contribution in [2.75, 3.05) is 0 Å². The molecule has 1 aromatic heterocycles. The number of H-pyrrole nitrogens is 1. The van der Waals surface area contributed by atoms with Gasteiger partial charge in [-0.05, 0) is 36.8 Å². The second-order valence-corrected chi connectivity index (χ2v) is 6.28. The molecule has 0 saturated heterocycles. The summed E-state index contributed by atoms with van der Waals surface area (Å²) in [4.78, 5) is 12.5. The van der Waals surface area contributed by atoms with E-state index in [-0.39, 0.29) is 24.0 Å². The van der Waals surface area contributed by atoms with Crippen molar-refractivity contribution in [3.63, 3.8) is 0 Å². The molecule has 1 heterocycles. The number of hydrogen-bond donors (Lipinski definition) is 3. The number of carbonyl (C=O) groups is 1. The van der Waals surface area contributed by atoms with Gasteiger partial charge in [0.15, 0.2) is 0 Å². The zero-order chi connectivity index (χ0) is 16.2. The van der Waals surface area contributed by atoms with Gasteiger partial charge in [0.05, 0.1) is 12.1 Å². The molecule has 1 unspecified atom stereocenters. The highest BCUT2D eigenvalue weighted by Crippen LogP contribution is 2.38. The first-order valence-corrected chi connectivity index (χ1v) is 8.25. The molecule has 0 bridgehead atoms. The van der Waals surface area contributed by atoms with Gasteiger partial charge in [-0.2, -0.15) is 5.10 Å². The van der Waals surface area contributed by atoms with Gasteiger partial charge >= 0.3 is 0 Å². The van der Waals surface area contributed by atoms with Crippen LogP contribution in [0.5, 0.6) is 0 Å². The van der Waals surface area contributed by atoms with Crippen LogP contribution >= 0.6 is 0 Å². The Labute approximate surface area is 136 Å². The molecule has 1 aliphatic rings. The fourth-order valence-corrected chi connectivity index (χ4v) is 3.13. The van der Waals surface area contributed by atoms with Crippen LogP contribution in [0.3, 0.4) is 0 Å². The summed E-state index contributed by atoms with van der Waals surface area (Å²) in [5, 5.41) is 19.7. The summed E-state index contributed by atoms with van der Waals surface area (Å²) in [6.07, 6.45) is 3.10. The van der Waals surface area contributed by atoms with E-state index in [1.807, 2.05) is 36.4 Å². The lowest BCUT2D eigenvalue weighted by molar-refractivity contribution is 0.0234. The molecule has 3 rings (SSSR count). The van der Waals surface area contributed by atoms with E-state index in [1.54, 1.807) is 0 Å². The van der Waals surface area contributed by atoms with Crippen molar-refractivity contribution in [3.05, 3.63) is 53.3 Å². The Morgan fingerprint density at radius 2 is 2.13 bits per heavy atom. The van der Waals surface area contributed by atoms with E-state index in [0.29, 0.717) is 5.69 Å². The number of aromatic amines is 1. The van der Waals surface area contributed by atoms with Crippen LogP contribution in [0, 0.1) is 5.92 Å². The Morgan fingerprint density at radius 1 is 1.39 bits per heavy atom. The lowest BCUT2D eigenvalue weighted by atomic mass is 9.75. The van der Waals surface area contributed by atoms with E-state index < -0.39 is 0 Å². The van der Waals surface area contributed by atoms with Gasteiger partial charge < -0.3 is 10.4 Å². The minimum absolute atomic E-state index is 0.0848. The number of carbonyl (C=O) groups excluding carboxylic acids is 1. The molecular weight excluding hydrogens is 290 g/mol. The number of nitrogens with zero attached hydrogens (tertiary/aromatic N) is 1. The molecule has 23 heavy (non-hydrogen) atoms. The van der Waals surface area contributed by atoms with Gasteiger partial charge in [-0.3, -0.25) is 9.89 Å². The molecule has 2 aromatic rings. The fourth-order valence-electron chi connectivity index (χ4n) is 3.13. The second kappa shape index (κ2) is 6.96. The highest BCUT2D eigenvalue weighted by atomic mass is 16.3. The van der Waals surface area contributed by atoms with Crippen LogP contribution in [0.25, 0.3) is 0 Å². The summed E-state index contributed by atoms with van der Waals surface area (Å²) < 4.78 is 0. The Kier molecular flexibility index (Phi) is 4.76. The summed E-state index contributed by atoms with van der Waals surface area (Å²) in [6.45, 7) is 2.09. The maximum absolute atomic E-state index is 12.5. The van der Waals surface area contributed by atoms with Crippen LogP contribution in [-0.2, 0) is 6.42 Å². The Morgan fingerprint density at radius 3 is 2.78 bits per heavy atom. The second-order valence-electron chi connectivity index (χ2n) is 6.28. The maximum atomic E-state index is 12.5. The molecule has 1 fully saturated rings. The lowest BCUT2D eigenvalue weighted by Crippen LogP contribution is -2.41. The van der Waals surface area contributed by atoms with Crippen LogP contribution in [0.15, 0.2) is 36.4 Å². The van der Waals surface area contributed by atoms with E-state index in [0.717, 1.165) is 36.9 Å². The molecule has 122 valence electrons. The minimum atomic E-state index is -0.246. The smallest absolute Gasteiger partial charge is 0.272 e. The molecule has 1 aromatic carbocycles. The number of aliphatic hydroxyl groups excluding tert-OH is 1. The monoisotopic (exact) mass is 313 g/mol. The largest absolute Gasteiger partial charge is 0.393 e. The Hall–Kier alpha value is -2.14. The molecule has 5 nitrogen and oxygen atoms in total. The summed E-state index contributed by atoms with van der Waals surface area (Å²) in [6, 6.07) is 11.7. The van der Waals surface area contributed by atoms with Gasteiger partial charge in [-0.25, -0.2) is 0 Å². The van der Waals surface area contributed by atoms with Crippen molar-refractivity contribution >= 4 is 5.91 Å². The Bertz CT molecular complexity index is 647. The molecule has 1 saturated carbocycles. The topological polar surface area (TPSA) is 78.0 Å². The van der Waals surface area contributed by atoms with Crippen molar-refractivity contribution in [1.82, 2.24) is 15.5 Å². The summed E-state index contributed by atoms with van der Waals surface area (Å²) in [5.74, 6) is 0.101. The summed E-state index contributed by atoms with van der Waals surface area (Å²) >= 11 is 0. The van der Waals surface area contributed by atoms with E-state index in [1.165, 1.54) is 0 Å². The van der Waals surface area contributed by atoms with Crippen LogP contribution in [0.2, 0.25) is 0 Å². The van der Waals surface area contributed by atoms with Gasteiger partial charge in [0.2, 0.25) is 0 Å². The molecule has 1 aliphatic carbocycles. The van der Waals surface area contributed by atoms with Gasteiger partial charge in [-0.15, -0.1) is 0 Å². The van der Waals surface area contributed by atoms with E-state index >= 15 is 0 Å². The van der Waals surface area contributed by atoms with E-state index in [2.05, 4.69) is 22.4 Å². The highest BCUT2D eigenvalue weighted by Gasteiger charge is 2.35. The molecule has 0 radical (unpaired) electrons. The number of aliphatic hydroxyl groups is 1. The SMILES string of the molecule is CCCc1cc(C(=O)NC(c2ccccc2)C2CC(O)C2)n[nH]1. The summed E-state index contributed by atoms with van der Waals surface area (Å²) in [5.41, 5.74) is 2.48. The van der Waals surface area contributed by atoms with E-state index in [9.17, 15) is 9.90 Å². The average Bonchev–Trinajstić information content (AvgIpc) is 3.00. The number of nitrogens with one attached hydrogen (secondary N) is 2. The summed E-state index contributed by atoms with van der Waals surface area (Å²) in [7, 11) is 0. The van der Waals surface area contributed by atoms with Crippen molar-refractivity contribution in [3.8, 4) is 0 Å². The predicted molar refractivity (Wildman–Crippen MR) is 88.0 cm³/mol. The first-order chi connectivity index (χ1) is 11.2. The van der Waals surface area contributed by atoms with Crippen molar-refractivity contribution in [2.45, 2.75) is 44.8 Å². The predicted octanol–water partition coefficient (Wildman–Crippen LogP) is 2.60. The first-order valence-electron chi connectivity index (χ1n) is 8.25. The van der Waals surface area contributed by atoms with Crippen LogP contribution in [0.4, 0.5) is 0 Å². The normalized spacial score (nSPS) is 21.5. The molecule has 0 spiro atoms. The molecule has 5 heteroatoms. The highest BCUT2D eigenvalue weighted by molar-refractivity contribution is 5.92. The van der Waals surface area contributed by atoms with Gasteiger partial charge in [-0.1, -0.05) is 43.7 Å². The zero-order valence-electron chi connectivity index (χ0n) is 13.3. The third kappa shape index (κ3) is 3.62. The fraction of sp³-hybridized carbons (Fsp3) is 0.444. The lowest BCUT2D eigenvalue weighted by Gasteiger charge is -2.38. The van der Waals surface area contributed by atoms with Crippen LogP contribution in [0.1, 0.15) is 54.0 Å². The molecule has 1 amide bonds. The van der Waals surface area contributed by atoms with Crippen LogP contribution < -0.4 is 5.32 Å². The average molecular weight is 313 g/mol. The molecular formula is C18H23N3O2. The standard InChI is InChI=1S/C18H23N3O2/c1-2-6-14-11-16(21-20-14)18(23)19-17(13-9-15(22)10-13)12-7-4-3-5-8-12/h3-5,7-8,11,13,15,17,22H,2,6,9-10H2,1H3,(H,19,23)(H,20,21). The number of amides is 1. The number of hydrogen-bond acceptors (Lipinski definition) is 3. The minimum Gasteiger partial charge on any atom is -0.393 e. The zero-order valence-corrected chi connectivity index (χ0v) is 13.3. The molecule has 3 N–H and O–H groups in total. The quantitative estimate of drug-likeness (QED) is 0.767. The van der Waals surface area contributed by atoms with Crippen molar-refractivity contribution in [1.29, 1.82) is 0 Å². The number of rotatable bonds is 6. The third-order valence-electron chi connectivity index (χ3n) is 4.45. The molecule has 0 aliphatic heterocycles. The number of aromatic nitrogens is 2. The van der Waals surface area contributed by atoms with Gasteiger partial charge in [0.1, 0.15) is 5.69 Å². The maximum Gasteiger partial charge on any atom is 0.272 e. The van der Waals surface area contributed by atoms with Crippen molar-refractivity contribution in [2.24, 2.45) is 5.92 Å². The number of benzene rings is 1. The Balaban J connectivity index is 1.73. The van der Waals surface area contributed by atoms with Crippen LogP contribution in [-0.4, -0.2) is 27.3 Å². The third-order valence-corrected chi connectivity index (χ3v) is 4.45. The van der Waals surface area contributed by atoms with Gasteiger partial charge in [0, 0.05) is 5.69 Å². The van der Waals surface area contributed by atoms with Crippen molar-refractivity contribution < 1.29 is 9.90 Å². The van der Waals surface area contributed by atoms with E-state index in [4.69, 9.17) is 0 Å². The first kappa shape index (κ1) is 15.7. The molecule has 1 atom stereocenters. The number of aryl methyl sites for hydroxylation is 1.